The van der Waals surface area contributed by atoms with Crippen LogP contribution in [-0.2, 0) is 58.4 Å². The monoisotopic (exact) mass is 796 g/mol. The van der Waals surface area contributed by atoms with Crippen LogP contribution in [-0.4, -0.2) is 90.6 Å². The Morgan fingerprint density at radius 2 is 1.73 bits per heavy atom. The number of allylic oxidation sites excluding steroid dienone is 1. The third kappa shape index (κ3) is 9.16. The normalized spacial score (nSPS) is 29.3. The number of Topliss-reactive ketones (excluding diaryl/α,β-unsaturated/α-hetero) is 1. The highest BCUT2D eigenvalue weighted by Crippen LogP contribution is 2.57. The van der Waals surface area contributed by atoms with Gasteiger partial charge in [-0.1, -0.05) is 71.7 Å². The van der Waals surface area contributed by atoms with Crippen LogP contribution in [0.15, 0.2) is 30.9 Å². The predicted molar refractivity (Wildman–Crippen MR) is 209 cm³/mol. The van der Waals surface area contributed by atoms with Crippen LogP contribution in [0.25, 0.3) is 0 Å². The summed E-state index contributed by atoms with van der Waals surface area (Å²) in [5.41, 5.74) is 1.02. The van der Waals surface area contributed by atoms with E-state index in [1.807, 2.05) is 32.9 Å². The molecule has 0 aromatic heterocycles. The highest BCUT2D eigenvalue weighted by Gasteiger charge is 2.61. The van der Waals surface area contributed by atoms with Gasteiger partial charge in [0.05, 0.1) is 36.9 Å². The number of esters is 1. The molecule has 1 aromatic carbocycles. The Bertz CT molecular complexity index is 1830. The number of piperidine rings is 1. The van der Waals surface area contributed by atoms with Crippen molar-refractivity contribution in [1.29, 1.82) is 0 Å². The van der Waals surface area contributed by atoms with Crippen LogP contribution in [0.4, 0.5) is 4.79 Å². The van der Waals surface area contributed by atoms with E-state index in [1.54, 1.807) is 11.0 Å². The quantitative estimate of drug-likeness (QED) is 0.280. The lowest BCUT2D eigenvalue weighted by Gasteiger charge is -2.35. The maximum absolute atomic E-state index is 14.7. The molecule has 3 fully saturated rings. The van der Waals surface area contributed by atoms with E-state index in [0.717, 1.165) is 43.2 Å². The van der Waals surface area contributed by atoms with Gasteiger partial charge >= 0.3 is 22.3 Å². The first-order chi connectivity index (χ1) is 26.3. The first-order valence-corrected chi connectivity index (χ1v) is 21.8. The number of ether oxygens (including phenoxy) is 2. The van der Waals surface area contributed by atoms with Gasteiger partial charge in [-0.25, -0.2) is 9.52 Å². The standard InChI is InChI=1S/C42H60N4O9S/c1-7-30-22-42(30,38(50)43-56(52,53)45-18-11-8-12-19-45)23-35(47)34-20-31-25-46(34)37(49)33(40(2,3)4)21-36(48)54-27-41(5,6)17-10-9-14-28-15-13-16-29-24-44(26-32(28)29)39(51)55-31/h7,13,15-16,30-31,33-34H,1,8-12,14,17-27H2,2-6H3,(H,43,50)/t30-,31-,33-,34+,42-/m1/s1. The summed E-state index contributed by atoms with van der Waals surface area (Å²) in [4.78, 5) is 73.2. The van der Waals surface area contributed by atoms with Gasteiger partial charge in [0.2, 0.25) is 11.8 Å². The van der Waals surface area contributed by atoms with Gasteiger partial charge < -0.3 is 14.4 Å². The molecule has 6 rings (SSSR count). The second kappa shape index (κ2) is 16.2. The Balaban J connectivity index is 1.27. The van der Waals surface area contributed by atoms with Crippen molar-refractivity contribution < 1.29 is 41.9 Å². The van der Waals surface area contributed by atoms with E-state index in [2.05, 4.69) is 31.2 Å². The molecule has 1 aliphatic carbocycles. The second-order valence-corrected chi connectivity index (χ2v) is 20.2. The molecule has 0 spiro atoms. The number of carbonyl (C=O) groups is 5. The second-order valence-electron chi connectivity index (χ2n) is 18.6. The number of ketones is 1. The van der Waals surface area contributed by atoms with Crippen LogP contribution in [0, 0.1) is 28.1 Å². The van der Waals surface area contributed by atoms with Crippen LogP contribution < -0.4 is 4.72 Å². The Morgan fingerprint density at radius 3 is 2.41 bits per heavy atom. The van der Waals surface area contributed by atoms with Crippen molar-refractivity contribution in [1.82, 2.24) is 18.8 Å². The van der Waals surface area contributed by atoms with E-state index in [-0.39, 0.29) is 44.2 Å². The fourth-order valence-electron chi connectivity index (χ4n) is 8.96. The molecule has 0 unspecified atom stereocenters. The summed E-state index contributed by atoms with van der Waals surface area (Å²) in [6.45, 7) is 15.1. The summed E-state index contributed by atoms with van der Waals surface area (Å²) >= 11 is 0. The molecule has 308 valence electrons. The molecule has 4 aliphatic heterocycles. The number of carbonyl (C=O) groups excluding carboxylic acids is 5. The topological polar surface area (TPSA) is 160 Å². The van der Waals surface area contributed by atoms with Crippen molar-refractivity contribution in [3.8, 4) is 0 Å². The fourth-order valence-corrected chi connectivity index (χ4v) is 10.3. The van der Waals surface area contributed by atoms with E-state index in [1.165, 1.54) is 14.8 Å². The molecule has 1 aromatic rings. The number of rotatable bonds is 7. The molecular weight excluding hydrogens is 737 g/mol. The van der Waals surface area contributed by atoms with Crippen molar-refractivity contribution >= 4 is 39.9 Å². The van der Waals surface area contributed by atoms with Crippen LogP contribution in [0.1, 0.15) is 116 Å². The van der Waals surface area contributed by atoms with Crippen molar-refractivity contribution in [2.75, 3.05) is 26.2 Å². The Morgan fingerprint density at radius 1 is 1.02 bits per heavy atom. The Hall–Kier alpha value is -3.78. The summed E-state index contributed by atoms with van der Waals surface area (Å²) in [6.07, 6.45) is 5.75. The van der Waals surface area contributed by atoms with E-state index in [4.69, 9.17) is 9.47 Å². The average Bonchev–Trinajstić information content (AvgIpc) is 3.44. The Labute approximate surface area is 332 Å². The van der Waals surface area contributed by atoms with Gasteiger partial charge in [-0.3, -0.25) is 24.1 Å². The highest BCUT2D eigenvalue weighted by atomic mass is 32.2. The zero-order valence-corrected chi connectivity index (χ0v) is 34.6. The smallest absolute Gasteiger partial charge is 0.410 e. The van der Waals surface area contributed by atoms with Gasteiger partial charge in [0.15, 0.2) is 5.78 Å². The third-order valence-corrected chi connectivity index (χ3v) is 14.1. The zero-order chi connectivity index (χ0) is 40.6. The molecule has 13 nitrogen and oxygen atoms in total. The van der Waals surface area contributed by atoms with Gasteiger partial charge in [-0.2, -0.15) is 12.7 Å². The molecule has 2 saturated heterocycles. The minimum Gasteiger partial charge on any atom is -0.465 e. The summed E-state index contributed by atoms with van der Waals surface area (Å²) in [7, 11) is -4.13. The molecule has 5 aliphatic rings. The number of hydrogen-bond acceptors (Lipinski definition) is 9. The molecule has 3 amide bonds. The number of benzene rings is 1. The summed E-state index contributed by atoms with van der Waals surface area (Å²) in [6, 6.07) is 5.05. The number of amides is 3. The maximum atomic E-state index is 14.7. The molecule has 5 atom stereocenters. The van der Waals surface area contributed by atoms with E-state index in [9.17, 15) is 32.4 Å². The minimum atomic E-state index is -4.13. The minimum absolute atomic E-state index is 0.000379. The van der Waals surface area contributed by atoms with Crippen LogP contribution in [0.2, 0.25) is 0 Å². The van der Waals surface area contributed by atoms with Crippen LogP contribution in [0.5, 0.6) is 0 Å². The molecule has 4 bridgehead atoms. The zero-order valence-electron chi connectivity index (χ0n) is 33.8. The molecule has 0 radical (unpaired) electrons. The van der Waals surface area contributed by atoms with Crippen molar-refractivity contribution in [2.24, 2.45) is 28.1 Å². The van der Waals surface area contributed by atoms with E-state index in [0.29, 0.717) is 39.0 Å². The predicted octanol–water partition coefficient (Wildman–Crippen LogP) is 5.45. The number of aryl methyl sites for hydroxylation is 1. The molecule has 4 heterocycles. The lowest BCUT2D eigenvalue weighted by Crippen LogP contribution is -2.50. The molecular formula is C42H60N4O9S. The highest BCUT2D eigenvalue weighted by molar-refractivity contribution is 7.87. The number of cyclic esters (lactones) is 1. The molecule has 1 saturated carbocycles. The first-order valence-electron chi connectivity index (χ1n) is 20.3. The third-order valence-electron chi connectivity index (χ3n) is 12.6. The largest absolute Gasteiger partial charge is 0.465 e. The number of hydrogen-bond donors (Lipinski definition) is 1. The average molecular weight is 797 g/mol. The van der Waals surface area contributed by atoms with Gasteiger partial charge in [0, 0.05) is 39.0 Å². The van der Waals surface area contributed by atoms with Crippen molar-refractivity contribution in [3.63, 3.8) is 0 Å². The van der Waals surface area contributed by atoms with E-state index >= 15 is 0 Å². The van der Waals surface area contributed by atoms with Gasteiger partial charge in [0.1, 0.15) is 6.10 Å². The summed E-state index contributed by atoms with van der Waals surface area (Å²) < 4.78 is 41.8. The van der Waals surface area contributed by atoms with Gasteiger partial charge in [-0.15, -0.1) is 6.58 Å². The lowest BCUT2D eigenvalue weighted by molar-refractivity contribution is -0.155. The van der Waals surface area contributed by atoms with Gasteiger partial charge in [-0.05, 0) is 72.0 Å². The van der Waals surface area contributed by atoms with Crippen LogP contribution in [0.3, 0.4) is 0 Å². The van der Waals surface area contributed by atoms with Crippen molar-refractivity contribution in [2.45, 2.75) is 130 Å². The SMILES string of the molecule is C=C[C@@H]1C[C@]1(CC(=O)[C@@H]1C[C@@H]2CN1C(=O)[C@H](C(C)(C)C)CC(=O)OCC(C)(C)CCCCc1cccc3c1CN(C3)C(=O)O2)C(=O)NS(=O)(=O)N1CCCCC1. The fraction of sp³-hybridized carbons (Fsp3) is 0.690. The van der Waals surface area contributed by atoms with Crippen LogP contribution >= 0.6 is 0 Å². The lowest BCUT2D eigenvalue weighted by atomic mass is 9.77. The number of fused-ring (bicyclic) bond motifs is 3. The summed E-state index contributed by atoms with van der Waals surface area (Å²) in [5.74, 6) is -3.47. The van der Waals surface area contributed by atoms with Crippen molar-refractivity contribution in [3.05, 3.63) is 47.5 Å². The maximum Gasteiger partial charge on any atom is 0.410 e. The first kappa shape index (κ1) is 41.8. The molecule has 14 heteroatoms. The molecule has 56 heavy (non-hydrogen) atoms. The molecule has 1 N–H and O–H groups in total. The number of nitrogens with one attached hydrogen (secondary N) is 1. The summed E-state index contributed by atoms with van der Waals surface area (Å²) in [5, 5.41) is 0. The van der Waals surface area contributed by atoms with Gasteiger partial charge in [0.25, 0.3) is 0 Å². The number of nitrogens with zero attached hydrogens (tertiary/aromatic N) is 3. The van der Waals surface area contributed by atoms with E-state index < -0.39 is 74.7 Å². The Kier molecular flexibility index (Phi) is 12.1.